The van der Waals surface area contributed by atoms with Crippen molar-refractivity contribution in [1.29, 1.82) is 0 Å². The second-order valence-corrected chi connectivity index (χ2v) is 11.4. The van der Waals surface area contributed by atoms with Crippen LogP contribution in [0.5, 0.6) is 0 Å². The Morgan fingerprint density at radius 2 is 1.60 bits per heavy atom. The predicted molar refractivity (Wildman–Crippen MR) is 181 cm³/mol. The molecule has 0 saturated heterocycles. The number of pyridine rings is 1. The number of benzene rings is 4. The smallest absolute Gasteiger partial charge is 0.0774 e. The zero-order chi connectivity index (χ0) is 36.0. The number of furan rings is 1. The molecule has 0 aliphatic carbocycles. The molecular weight excluding hydrogens is 731 g/mol. The van der Waals surface area contributed by atoms with Gasteiger partial charge in [0.15, 0.2) is 0 Å². The fourth-order valence-electron chi connectivity index (χ4n) is 5.60. The number of para-hydroxylation sites is 2. The first kappa shape index (κ1) is 24.9. The van der Waals surface area contributed by atoms with Gasteiger partial charge in [0.2, 0.25) is 0 Å². The Balaban J connectivity index is 0.000000211. The van der Waals surface area contributed by atoms with E-state index in [-0.39, 0.29) is 31.2 Å². The number of imidazole rings is 1. The summed E-state index contributed by atoms with van der Waals surface area (Å²) in [7, 11) is 0. The van der Waals surface area contributed by atoms with Gasteiger partial charge in [-0.1, -0.05) is 91.3 Å². The molecule has 0 spiro atoms. The van der Waals surface area contributed by atoms with Crippen molar-refractivity contribution in [3.05, 3.63) is 137 Å². The molecule has 3 heterocycles. The zero-order valence-electron chi connectivity index (χ0n) is 31.8. The van der Waals surface area contributed by atoms with Crippen LogP contribution in [0.4, 0.5) is 0 Å². The molecule has 0 aliphatic rings. The second kappa shape index (κ2) is 13.4. The molecule has 4 nitrogen and oxygen atoms in total. The van der Waals surface area contributed by atoms with Gasteiger partial charge < -0.3 is 14.0 Å². The quantitative estimate of drug-likeness (QED) is 0.167. The van der Waals surface area contributed by atoms with Crippen LogP contribution in [0.2, 0.25) is 0 Å². The molecule has 0 N–H and O–H groups in total. The molecule has 0 fully saturated rings. The van der Waals surface area contributed by atoms with Gasteiger partial charge in [0.25, 0.3) is 0 Å². The first-order valence-electron chi connectivity index (χ1n) is 17.6. The fraction of sp³-hybridized carbons (Fsp3) is 0.200. The first-order chi connectivity index (χ1) is 23.6. The van der Waals surface area contributed by atoms with Gasteiger partial charge in [0.1, 0.15) is 0 Å². The van der Waals surface area contributed by atoms with Crippen LogP contribution in [-0.2, 0) is 20.1 Å². The topological polar surface area (TPSA) is 43.9 Å². The third-order valence-electron chi connectivity index (χ3n) is 7.70. The van der Waals surface area contributed by atoms with Crippen molar-refractivity contribution in [2.75, 3.05) is 0 Å². The standard InChI is InChI=1S/C27H25N2O.C13H12N.Ir/c1-16(2)20-10-11-21-22(15-30-25(21)14-20)27-28-23-8-6-7-9-24(23)29(27)26-18(4)12-17(3)13-19(26)5;1-10-3-6-12(7-4-10)13-8-5-11(2)9-14-13;/h6-14,16H,1-5H3;3-6,8-9H,1-2H3;/q2*-1;/i;1D3,2D3;. The third kappa shape index (κ3) is 6.56. The van der Waals surface area contributed by atoms with Gasteiger partial charge in [-0.05, 0) is 68.1 Å². The van der Waals surface area contributed by atoms with E-state index in [4.69, 9.17) is 17.6 Å². The fourth-order valence-corrected chi connectivity index (χ4v) is 5.60. The van der Waals surface area contributed by atoms with E-state index in [1.54, 1.807) is 12.1 Å². The molecule has 7 aromatic rings. The number of rotatable bonds is 4. The summed E-state index contributed by atoms with van der Waals surface area (Å²) < 4.78 is 51.8. The summed E-state index contributed by atoms with van der Waals surface area (Å²) in [5.74, 6) is 1.31. The molecule has 0 unspecified atom stereocenters. The van der Waals surface area contributed by atoms with Crippen LogP contribution in [0.25, 0.3) is 50.3 Å². The zero-order valence-corrected chi connectivity index (χ0v) is 28.2. The Hall–Kier alpha value is -4.31. The number of aromatic nitrogens is 3. The summed E-state index contributed by atoms with van der Waals surface area (Å²) in [4.78, 5) is 9.09. The van der Waals surface area contributed by atoms with Crippen LogP contribution in [0.1, 0.15) is 61.4 Å². The van der Waals surface area contributed by atoms with E-state index in [9.17, 15) is 0 Å². The van der Waals surface area contributed by atoms with E-state index < -0.39 is 13.7 Å². The molecule has 0 atom stereocenters. The Morgan fingerprint density at radius 1 is 0.844 bits per heavy atom. The van der Waals surface area contributed by atoms with E-state index in [1.165, 1.54) is 52.3 Å². The van der Waals surface area contributed by atoms with E-state index in [1.807, 2.05) is 6.07 Å². The van der Waals surface area contributed by atoms with Crippen molar-refractivity contribution in [1.82, 2.24) is 14.5 Å². The summed E-state index contributed by atoms with van der Waals surface area (Å²) in [5.41, 5.74) is 11.5. The Kier molecular flexibility index (Phi) is 7.41. The molecular formula is C40H37IrN3O-2. The van der Waals surface area contributed by atoms with Crippen LogP contribution >= 0.6 is 0 Å². The molecule has 0 amide bonds. The Bertz CT molecular complexity index is 2220. The molecule has 5 heteroatoms. The average molecular weight is 774 g/mol. The Labute approximate surface area is 288 Å². The molecule has 7 rings (SSSR count). The van der Waals surface area contributed by atoms with Crippen LogP contribution in [-0.4, -0.2) is 14.5 Å². The molecule has 3 aromatic heterocycles. The maximum absolute atomic E-state index is 7.28. The second-order valence-electron chi connectivity index (χ2n) is 11.4. The molecule has 229 valence electrons. The molecule has 1 radical (unpaired) electrons. The minimum atomic E-state index is -2.18. The van der Waals surface area contributed by atoms with E-state index in [0.29, 0.717) is 17.2 Å². The van der Waals surface area contributed by atoms with Crippen molar-refractivity contribution < 1.29 is 32.7 Å². The number of hydrogen-bond acceptors (Lipinski definition) is 3. The minimum Gasteiger partial charge on any atom is -0.557 e. The molecule has 45 heavy (non-hydrogen) atoms. The normalized spacial score (nSPS) is 13.6. The van der Waals surface area contributed by atoms with Gasteiger partial charge >= 0.3 is 0 Å². The van der Waals surface area contributed by atoms with Gasteiger partial charge in [-0.15, -0.1) is 41.5 Å². The van der Waals surface area contributed by atoms with Crippen LogP contribution in [0, 0.1) is 46.8 Å². The summed E-state index contributed by atoms with van der Waals surface area (Å²) >= 11 is 0. The number of hydrogen-bond donors (Lipinski definition) is 0. The third-order valence-corrected chi connectivity index (χ3v) is 7.70. The van der Waals surface area contributed by atoms with Gasteiger partial charge in [-0.25, -0.2) is 0 Å². The maximum Gasteiger partial charge on any atom is 0.0774 e. The van der Waals surface area contributed by atoms with Gasteiger partial charge in [0, 0.05) is 52.1 Å². The monoisotopic (exact) mass is 774 g/mol. The van der Waals surface area contributed by atoms with E-state index in [2.05, 4.69) is 105 Å². The number of aryl methyl sites for hydroxylation is 5. The minimum absolute atomic E-state index is 0. The summed E-state index contributed by atoms with van der Waals surface area (Å²) in [6.07, 6.45) is 4.46. The molecule has 0 saturated carbocycles. The van der Waals surface area contributed by atoms with Crippen molar-refractivity contribution in [2.24, 2.45) is 0 Å². The Morgan fingerprint density at radius 3 is 2.27 bits per heavy atom. The number of fused-ring (bicyclic) bond motifs is 2. The van der Waals surface area contributed by atoms with Crippen LogP contribution in [0.3, 0.4) is 0 Å². The van der Waals surface area contributed by atoms with Gasteiger partial charge in [-0.3, -0.25) is 4.98 Å². The van der Waals surface area contributed by atoms with Crippen LogP contribution in [0.15, 0.2) is 95.5 Å². The van der Waals surface area contributed by atoms with Gasteiger partial charge in [-0.2, -0.15) is 0 Å². The molecule has 0 aliphatic heterocycles. The van der Waals surface area contributed by atoms with E-state index >= 15 is 0 Å². The van der Waals surface area contributed by atoms with Crippen molar-refractivity contribution in [2.45, 2.75) is 54.2 Å². The first-order valence-corrected chi connectivity index (χ1v) is 14.6. The summed E-state index contributed by atoms with van der Waals surface area (Å²) in [6.45, 7) is 6.52. The van der Waals surface area contributed by atoms with E-state index in [0.717, 1.165) is 33.4 Å². The SMILES string of the molecule is Cc1cc(C)c(-n2c(-c3[c-]oc4cc(C(C)C)ccc34)nc3ccccc32)c(C)c1.[2H]C([2H])([2H])c1c[c-]c(-c2ccc(C([2H])([2H])[2H])cn2)cc1.[Ir]. The largest absolute Gasteiger partial charge is 0.557 e. The van der Waals surface area contributed by atoms with Crippen molar-refractivity contribution >= 4 is 22.0 Å². The van der Waals surface area contributed by atoms with Crippen molar-refractivity contribution in [3.63, 3.8) is 0 Å². The van der Waals surface area contributed by atoms with Crippen LogP contribution < -0.4 is 0 Å². The van der Waals surface area contributed by atoms with Gasteiger partial charge in [0.05, 0.1) is 16.9 Å². The maximum atomic E-state index is 7.28. The number of nitrogens with zero attached hydrogens (tertiary/aromatic N) is 3. The van der Waals surface area contributed by atoms with Crippen molar-refractivity contribution in [3.8, 4) is 28.3 Å². The summed E-state index contributed by atoms with van der Waals surface area (Å²) in [6, 6.07) is 29.6. The summed E-state index contributed by atoms with van der Waals surface area (Å²) in [5, 5.41) is 1.04. The average Bonchev–Trinajstić information content (AvgIpc) is 3.65. The predicted octanol–water partition coefficient (Wildman–Crippen LogP) is 10.5. The molecule has 0 bridgehead atoms. The molecule has 4 aromatic carbocycles.